The molecule has 0 aromatic carbocycles. The molecule has 0 aromatic heterocycles. The monoisotopic (exact) mass is 166 g/mol. The van der Waals surface area contributed by atoms with E-state index in [2.05, 4.69) is 6.58 Å². The molecule has 0 saturated carbocycles. The molecule has 0 aromatic rings. The fourth-order valence-electron chi connectivity index (χ4n) is 1.22. The third kappa shape index (κ3) is 1.58. The molecule has 0 N–H and O–H groups in total. The topological polar surface area (TPSA) is 26.3 Å². The molecule has 0 spiro atoms. The number of hydrogen-bond donors (Lipinski definition) is 0. The molecule has 1 rings (SSSR count). The van der Waals surface area contributed by atoms with Gasteiger partial charge in [-0.05, 0) is 32.8 Å². The molecule has 12 heavy (non-hydrogen) atoms. The van der Waals surface area contributed by atoms with Crippen LogP contribution in [0.5, 0.6) is 0 Å². The van der Waals surface area contributed by atoms with Crippen molar-refractivity contribution in [2.45, 2.75) is 32.3 Å². The van der Waals surface area contributed by atoms with Crippen LogP contribution in [0.1, 0.15) is 26.7 Å². The molecule has 0 radical (unpaired) electrons. The first-order chi connectivity index (χ1) is 5.61. The summed E-state index contributed by atoms with van der Waals surface area (Å²) in [5.41, 5.74) is 0.318. The Bertz CT molecular complexity index is 240. The first-order valence-corrected chi connectivity index (χ1v) is 4.13. The van der Waals surface area contributed by atoms with Crippen LogP contribution in [-0.2, 0) is 9.53 Å². The maximum absolute atomic E-state index is 11.3. The predicted molar refractivity (Wildman–Crippen MR) is 47.7 cm³/mol. The molecule has 1 saturated heterocycles. The summed E-state index contributed by atoms with van der Waals surface area (Å²) < 4.78 is 5.20. The highest BCUT2D eigenvalue weighted by atomic mass is 16.6. The number of allylic oxidation sites excluding steroid dienone is 1. The van der Waals surface area contributed by atoms with Gasteiger partial charge in [0.25, 0.3) is 0 Å². The Hall–Kier alpha value is -1.05. The first-order valence-electron chi connectivity index (χ1n) is 4.13. The fourth-order valence-corrected chi connectivity index (χ4v) is 1.22. The largest absolute Gasteiger partial charge is 0.452 e. The number of hydrogen-bond acceptors (Lipinski definition) is 2. The maximum atomic E-state index is 11.3. The third-order valence-corrected chi connectivity index (χ3v) is 2.26. The SMILES string of the molecule is C=CC1(C)CC/C(=C/C)C(=O)O1. The molecule has 1 fully saturated rings. The zero-order valence-corrected chi connectivity index (χ0v) is 7.59. The van der Waals surface area contributed by atoms with E-state index in [1.807, 2.05) is 19.9 Å². The molecule has 0 aliphatic carbocycles. The number of carbonyl (C=O) groups is 1. The quantitative estimate of drug-likeness (QED) is 0.339. The van der Waals surface area contributed by atoms with E-state index >= 15 is 0 Å². The molecule has 2 nitrogen and oxygen atoms in total. The van der Waals surface area contributed by atoms with Gasteiger partial charge in [-0.1, -0.05) is 12.7 Å². The standard InChI is InChI=1S/C10H14O2/c1-4-8-6-7-10(3,5-2)12-9(8)11/h4-5H,2,6-7H2,1,3H3/b8-4-. The van der Waals surface area contributed by atoms with Crippen molar-refractivity contribution < 1.29 is 9.53 Å². The summed E-state index contributed by atoms with van der Waals surface area (Å²) in [5.74, 6) is -0.203. The molecule has 0 bridgehead atoms. The second kappa shape index (κ2) is 3.13. The number of cyclic esters (lactones) is 1. The van der Waals surface area contributed by atoms with Gasteiger partial charge in [0.1, 0.15) is 5.60 Å². The molecule has 1 atom stereocenters. The lowest BCUT2D eigenvalue weighted by molar-refractivity contribution is -0.153. The molecule has 2 heteroatoms. The Morgan fingerprint density at radius 2 is 2.33 bits per heavy atom. The van der Waals surface area contributed by atoms with Gasteiger partial charge < -0.3 is 4.74 Å². The van der Waals surface area contributed by atoms with Gasteiger partial charge >= 0.3 is 5.97 Å². The second-order valence-electron chi connectivity index (χ2n) is 3.22. The van der Waals surface area contributed by atoms with E-state index in [1.165, 1.54) is 0 Å². The summed E-state index contributed by atoms with van der Waals surface area (Å²) in [6.07, 6.45) is 5.13. The van der Waals surface area contributed by atoms with Crippen molar-refractivity contribution in [2.24, 2.45) is 0 Å². The minimum atomic E-state index is -0.455. The normalized spacial score (nSPS) is 33.2. The van der Waals surface area contributed by atoms with E-state index in [9.17, 15) is 4.79 Å². The van der Waals surface area contributed by atoms with E-state index in [1.54, 1.807) is 6.08 Å². The van der Waals surface area contributed by atoms with Crippen molar-refractivity contribution in [3.05, 3.63) is 24.3 Å². The maximum Gasteiger partial charge on any atom is 0.334 e. The van der Waals surface area contributed by atoms with Gasteiger partial charge in [-0.3, -0.25) is 0 Å². The number of rotatable bonds is 1. The zero-order valence-electron chi connectivity index (χ0n) is 7.59. The van der Waals surface area contributed by atoms with Crippen LogP contribution < -0.4 is 0 Å². The summed E-state index contributed by atoms with van der Waals surface area (Å²) in [6.45, 7) is 7.38. The number of carbonyl (C=O) groups excluding carboxylic acids is 1. The van der Waals surface area contributed by atoms with Crippen LogP contribution in [0.3, 0.4) is 0 Å². The van der Waals surface area contributed by atoms with Crippen molar-refractivity contribution in [1.82, 2.24) is 0 Å². The highest BCUT2D eigenvalue weighted by molar-refractivity contribution is 5.89. The smallest absolute Gasteiger partial charge is 0.334 e. The van der Waals surface area contributed by atoms with Crippen LogP contribution in [0, 0.1) is 0 Å². The number of esters is 1. The Balaban J connectivity index is 2.76. The molecule has 1 aliphatic rings. The van der Waals surface area contributed by atoms with Crippen LogP contribution in [0.2, 0.25) is 0 Å². The fraction of sp³-hybridized carbons (Fsp3) is 0.500. The van der Waals surface area contributed by atoms with E-state index in [4.69, 9.17) is 4.74 Å². The summed E-state index contributed by atoms with van der Waals surface area (Å²) in [6, 6.07) is 0. The van der Waals surface area contributed by atoms with Crippen molar-refractivity contribution in [1.29, 1.82) is 0 Å². The molecule has 1 unspecified atom stereocenters. The predicted octanol–water partition coefficient (Wildman–Crippen LogP) is 2.21. The average Bonchev–Trinajstić information content (AvgIpc) is 2.05. The Morgan fingerprint density at radius 3 is 2.75 bits per heavy atom. The van der Waals surface area contributed by atoms with Crippen LogP contribution in [0.4, 0.5) is 0 Å². The van der Waals surface area contributed by atoms with E-state index in [-0.39, 0.29) is 5.97 Å². The van der Waals surface area contributed by atoms with E-state index in [0.717, 1.165) is 18.4 Å². The van der Waals surface area contributed by atoms with Gasteiger partial charge in [0.15, 0.2) is 0 Å². The van der Waals surface area contributed by atoms with E-state index in [0.29, 0.717) is 0 Å². The van der Waals surface area contributed by atoms with Crippen LogP contribution in [0.15, 0.2) is 24.3 Å². The third-order valence-electron chi connectivity index (χ3n) is 2.26. The Kier molecular flexibility index (Phi) is 2.36. The Labute approximate surface area is 72.9 Å². The Morgan fingerprint density at radius 1 is 1.67 bits per heavy atom. The van der Waals surface area contributed by atoms with Crippen LogP contribution >= 0.6 is 0 Å². The molecular weight excluding hydrogens is 152 g/mol. The van der Waals surface area contributed by atoms with Gasteiger partial charge in [-0.25, -0.2) is 4.79 Å². The van der Waals surface area contributed by atoms with E-state index < -0.39 is 5.60 Å². The summed E-state index contributed by atoms with van der Waals surface area (Å²) in [7, 11) is 0. The van der Waals surface area contributed by atoms with Gasteiger partial charge in [0.2, 0.25) is 0 Å². The molecular formula is C10H14O2. The second-order valence-corrected chi connectivity index (χ2v) is 3.22. The van der Waals surface area contributed by atoms with Crippen molar-refractivity contribution in [3.8, 4) is 0 Å². The molecule has 1 aliphatic heterocycles. The highest BCUT2D eigenvalue weighted by Crippen LogP contribution is 2.28. The lowest BCUT2D eigenvalue weighted by atomic mass is 9.93. The summed E-state index contributed by atoms with van der Waals surface area (Å²) >= 11 is 0. The summed E-state index contributed by atoms with van der Waals surface area (Å²) in [5, 5.41) is 0. The lowest BCUT2D eigenvalue weighted by Crippen LogP contribution is -2.34. The van der Waals surface area contributed by atoms with Gasteiger partial charge in [0.05, 0.1) is 0 Å². The lowest BCUT2D eigenvalue weighted by Gasteiger charge is -2.31. The molecule has 0 amide bonds. The van der Waals surface area contributed by atoms with Gasteiger partial charge in [0, 0.05) is 5.57 Å². The minimum Gasteiger partial charge on any atom is -0.452 e. The average molecular weight is 166 g/mol. The number of ether oxygens (including phenoxy) is 1. The van der Waals surface area contributed by atoms with Crippen LogP contribution in [0.25, 0.3) is 0 Å². The van der Waals surface area contributed by atoms with Crippen molar-refractivity contribution in [3.63, 3.8) is 0 Å². The first kappa shape index (κ1) is 9.04. The highest BCUT2D eigenvalue weighted by Gasteiger charge is 2.31. The van der Waals surface area contributed by atoms with Crippen molar-refractivity contribution in [2.75, 3.05) is 0 Å². The molecule has 1 heterocycles. The van der Waals surface area contributed by atoms with Gasteiger partial charge in [-0.15, -0.1) is 0 Å². The zero-order chi connectivity index (χ0) is 9.19. The minimum absolute atomic E-state index is 0.203. The summed E-state index contributed by atoms with van der Waals surface area (Å²) in [4.78, 5) is 11.3. The van der Waals surface area contributed by atoms with Crippen LogP contribution in [-0.4, -0.2) is 11.6 Å². The van der Waals surface area contributed by atoms with Crippen molar-refractivity contribution >= 4 is 5.97 Å². The van der Waals surface area contributed by atoms with Gasteiger partial charge in [-0.2, -0.15) is 0 Å². The molecule has 66 valence electrons.